The average molecular weight is 226 g/mol. The number of hydrogen-bond donors (Lipinski definition) is 0. The Balaban J connectivity index is 1.97. The van der Waals surface area contributed by atoms with Crippen molar-refractivity contribution in [1.29, 1.82) is 0 Å². The first-order valence-electron chi connectivity index (χ1n) is 5.02. The molecule has 1 aromatic heterocycles. The predicted octanol–water partition coefficient (Wildman–Crippen LogP) is 1.57. The maximum Gasteiger partial charge on any atom is 0.185 e. The standard InChI is InChI=1S/C10H14N2O2S/c1-14-8-2-4-12(5-3-8)10-11-6-9(7-13)15-10/h6-8H,2-5H2,1H3. The molecule has 82 valence electrons. The summed E-state index contributed by atoms with van der Waals surface area (Å²) in [6.45, 7) is 1.93. The largest absolute Gasteiger partial charge is 0.381 e. The maximum atomic E-state index is 10.5. The van der Waals surface area contributed by atoms with E-state index in [1.54, 1.807) is 13.3 Å². The van der Waals surface area contributed by atoms with Gasteiger partial charge in [-0.2, -0.15) is 0 Å². The van der Waals surface area contributed by atoms with Gasteiger partial charge in [0.25, 0.3) is 0 Å². The third-order valence-corrected chi connectivity index (χ3v) is 3.66. The molecular weight excluding hydrogens is 212 g/mol. The van der Waals surface area contributed by atoms with Crippen LogP contribution >= 0.6 is 11.3 Å². The van der Waals surface area contributed by atoms with E-state index in [0.717, 1.165) is 37.3 Å². The number of hydrogen-bond acceptors (Lipinski definition) is 5. The van der Waals surface area contributed by atoms with E-state index in [9.17, 15) is 4.79 Å². The quantitative estimate of drug-likeness (QED) is 0.734. The van der Waals surface area contributed by atoms with Crippen molar-refractivity contribution in [3.8, 4) is 0 Å². The molecule has 0 spiro atoms. The van der Waals surface area contributed by atoms with Gasteiger partial charge in [0.1, 0.15) is 0 Å². The van der Waals surface area contributed by atoms with Crippen molar-refractivity contribution >= 4 is 22.8 Å². The van der Waals surface area contributed by atoms with E-state index in [4.69, 9.17) is 4.74 Å². The Morgan fingerprint density at radius 2 is 2.33 bits per heavy atom. The van der Waals surface area contributed by atoms with Crippen LogP contribution in [-0.4, -0.2) is 37.6 Å². The van der Waals surface area contributed by atoms with Gasteiger partial charge in [-0.1, -0.05) is 11.3 Å². The second-order valence-corrected chi connectivity index (χ2v) is 4.63. The normalized spacial score (nSPS) is 18.1. The van der Waals surface area contributed by atoms with Crippen LogP contribution in [0.5, 0.6) is 0 Å². The highest BCUT2D eigenvalue weighted by molar-refractivity contribution is 7.17. The molecule has 0 radical (unpaired) electrons. The second kappa shape index (κ2) is 4.72. The zero-order valence-electron chi connectivity index (χ0n) is 8.68. The van der Waals surface area contributed by atoms with Gasteiger partial charge < -0.3 is 9.64 Å². The van der Waals surface area contributed by atoms with E-state index in [1.807, 2.05) is 0 Å². The minimum absolute atomic E-state index is 0.381. The van der Waals surface area contributed by atoms with Crippen LogP contribution in [0.2, 0.25) is 0 Å². The molecule has 0 unspecified atom stereocenters. The molecule has 0 atom stereocenters. The number of aromatic nitrogens is 1. The number of ether oxygens (including phenoxy) is 1. The summed E-state index contributed by atoms with van der Waals surface area (Å²) in [7, 11) is 1.76. The van der Waals surface area contributed by atoms with Crippen molar-refractivity contribution in [2.75, 3.05) is 25.1 Å². The molecule has 0 aliphatic carbocycles. The van der Waals surface area contributed by atoms with Gasteiger partial charge in [0.05, 0.1) is 17.2 Å². The van der Waals surface area contributed by atoms with Crippen molar-refractivity contribution in [3.05, 3.63) is 11.1 Å². The Bertz CT molecular complexity index is 332. The maximum absolute atomic E-state index is 10.5. The van der Waals surface area contributed by atoms with Crippen LogP contribution < -0.4 is 4.90 Å². The molecule has 1 aliphatic rings. The number of nitrogens with zero attached hydrogens (tertiary/aromatic N) is 2. The molecule has 0 saturated carbocycles. The summed E-state index contributed by atoms with van der Waals surface area (Å²) >= 11 is 1.45. The van der Waals surface area contributed by atoms with Crippen molar-refractivity contribution in [2.24, 2.45) is 0 Å². The highest BCUT2D eigenvalue weighted by Crippen LogP contribution is 2.25. The van der Waals surface area contributed by atoms with Gasteiger partial charge in [0.15, 0.2) is 11.4 Å². The molecule has 0 N–H and O–H groups in total. The van der Waals surface area contributed by atoms with Gasteiger partial charge in [-0.05, 0) is 12.8 Å². The fraction of sp³-hybridized carbons (Fsp3) is 0.600. The van der Waals surface area contributed by atoms with Crippen molar-refractivity contribution in [3.63, 3.8) is 0 Å². The van der Waals surface area contributed by atoms with E-state index < -0.39 is 0 Å². The van der Waals surface area contributed by atoms with Crippen LogP contribution in [0.25, 0.3) is 0 Å². The SMILES string of the molecule is COC1CCN(c2ncc(C=O)s2)CC1. The Morgan fingerprint density at radius 3 is 2.87 bits per heavy atom. The second-order valence-electron chi connectivity index (χ2n) is 3.59. The highest BCUT2D eigenvalue weighted by Gasteiger charge is 2.20. The molecule has 1 saturated heterocycles. The monoisotopic (exact) mass is 226 g/mol. The van der Waals surface area contributed by atoms with E-state index in [-0.39, 0.29) is 0 Å². The highest BCUT2D eigenvalue weighted by atomic mass is 32.1. The first kappa shape index (κ1) is 10.6. The van der Waals surface area contributed by atoms with Gasteiger partial charge >= 0.3 is 0 Å². The molecule has 2 heterocycles. The van der Waals surface area contributed by atoms with Crippen LogP contribution in [0, 0.1) is 0 Å². The average Bonchev–Trinajstić information content (AvgIpc) is 2.78. The number of rotatable bonds is 3. The van der Waals surface area contributed by atoms with E-state index in [2.05, 4.69) is 9.88 Å². The molecule has 4 nitrogen and oxygen atoms in total. The Labute approximate surface area is 92.9 Å². The Morgan fingerprint density at radius 1 is 1.60 bits per heavy atom. The molecule has 1 fully saturated rings. The molecule has 5 heteroatoms. The van der Waals surface area contributed by atoms with Crippen LogP contribution in [-0.2, 0) is 4.74 Å². The van der Waals surface area contributed by atoms with Gasteiger partial charge in [0.2, 0.25) is 0 Å². The molecule has 0 bridgehead atoms. The minimum atomic E-state index is 0.381. The fourth-order valence-corrected chi connectivity index (χ4v) is 2.54. The number of piperidine rings is 1. The number of methoxy groups -OCH3 is 1. The molecule has 0 aromatic carbocycles. The minimum Gasteiger partial charge on any atom is -0.381 e. The van der Waals surface area contributed by atoms with E-state index >= 15 is 0 Å². The van der Waals surface area contributed by atoms with Crippen molar-refractivity contribution < 1.29 is 9.53 Å². The van der Waals surface area contributed by atoms with Crippen LogP contribution in [0.4, 0.5) is 5.13 Å². The van der Waals surface area contributed by atoms with E-state index in [0.29, 0.717) is 11.0 Å². The van der Waals surface area contributed by atoms with Crippen molar-refractivity contribution in [2.45, 2.75) is 18.9 Å². The predicted molar refractivity (Wildman–Crippen MR) is 59.7 cm³/mol. The molecule has 15 heavy (non-hydrogen) atoms. The summed E-state index contributed by atoms with van der Waals surface area (Å²) in [6, 6.07) is 0. The molecule has 0 amide bonds. The summed E-state index contributed by atoms with van der Waals surface area (Å²) in [4.78, 5) is 17.7. The summed E-state index contributed by atoms with van der Waals surface area (Å²) in [5.41, 5.74) is 0. The number of aldehydes is 1. The topological polar surface area (TPSA) is 42.4 Å². The lowest BCUT2D eigenvalue weighted by atomic mass is 10.1. The van der Waals surface area contributed by atoms with E-state index in [1.165, 1.54) is 11.3 Å². The summed E-state index contributed by atoms with van der Waals surface area (Å²) < 4.78 is 5.30. The van der Waals surface area contributed by atoms with Gasteiger partial charge in [-0.3, -0.25) is 4.79 Å². The third kappa shape index (κ3) is 2.35. The lowest BCUT2D eigenvalue weighted by Crippen LogP contribution is -2.36. The number of thiazole rings is 1. The summed E-state index contributed by atoms with van der Waals surface area (Å²) in [5, 5.41) is 0.951. The van der Waals surface area contributed by atoms with Crippen LogP contribution in [0.3, 0.4) is 0 Å². The zero-order valence-corrected chi connectivity index (χ0v) is 9.50. The lowest BCUT2D eigenvalue weighted by Gasteiger charge is -2.30. The smallest absolute Gasteiger partial charge is 0.185 e. The summed E-state index contributed by atoms with van der Waals surface area (Å²) in [5.74, 6) is 0. The fourth-order valence-electron chi connectivity index (χ4n) is 1.76. The number of carbonyl (C=O) groups is 1. The molecule has 1 aromatic rings. The van der Waals surface area contributed by atoms with Crippen LogP contribution in [0.1, 0.15) is 22.5 Å². The first-order valence-corrected chi connectivity index (χ1v) is 5.84. The van der Waals surface area contributed by atoms with Crippen molar-refractivity contribution in [1.82, 2.24) is 4.98 Å². The van der Waals surface area contributed by atoms with Gasteiger partial charge in [0, 0.05) is 20.2 Å². The molecule has 1 aliphatic heterocycles. The zero-order chi connectivity index (χ0) is 10.7. The Hall–Kier alpha value is -0.940. The van der Waals surface area contributed by atoms with Gasteiger partial charge in [-0.15, -0.1) is 0 Å². The number of carbonyl (C=O) groups excluding carboxylic acids is 1. The molecule has 2 rings (SSSR count). The summed E-state index contributed by atoms with van der Waals surface area (Å²) in [6.07, 6.45) is 4.93. The Kier molecular flexibility index (Phi) is 3.33. The molecular formula is C10H14N2O2S. The van der Waals surface area contributed by atoms with Gasteiger partial charge in [-0.25, -0.2) is 4.98 Å². The van der Waals surface area contributed by atoms with Crippen LogP contribution in [0.15, 0.2) is 6.20 Å². The lowest BCUT2D eigenvalue weighted by molar-refractivity contribution is 0.0819. The third-order valence-electron chi connectivity index (χ3n) is 2.67. The first-order chi connectivity index (χ1) is 7.33. The number of anilines is 1.